The summed E-state index contributed by atoms with van der Waals surface area (Å²) in [6.45, 7) is 2.58. The molecule has 5 heteroatoms. The second kappa shape index (κ2) is 7.01. The van der Waals surface area contributed by atoms with Crippen molar-refractivity contribution in [3.8, 4) is 0 Å². The summed E-state index contributed by atoms with van der Waals surface area (Å²) in [5.41, 5.74) is 1.19. The molecule has 0 radical (unpaired) electrons. The molecule has 0 aliphatic heterocycles. The summed E-state index contributed by atoms with van der Waals surface area (Å²) >= 11 is 0. The minimum Gasteiger partial charge on any atom is -0.338 e. The molecule has 0 aliphatic carbocycles. The van der Waals surface area contributed by atoms with E-state index >= 15 is 0 Å². The van der Waals surface area contributed by atoms with Crippen molar-refractivity contribution < 1.29 is 4.52 Å². The molecule has 0 aliphatic rings. The van der Waals surface area contributed by atoms with Crippen molar-refractivity contribution in [2.24, 2.45) is 0 Å². The third-order valence-corrected chi connectivity index (χ3v) is 2.86. The van der Waals surface area contributed by atoms with E-state index in [2.05, 4.69) is 32.5 Å². The first-order valence-corrected chi connectivity index (χ1v) is 6.46. The molecule has 5 nitrogen and oxygen atoms in total. The van der Waals surface area contributed by atoms with Gasteiger partial charge in [-0.25, -0.2) is 0 Å². The van der Waals surface area contributed by atoms with Crippen LogP contribution in [-0.2, 0) is 13.0 Å². The molecule has 1 aromatic heterocycles. The second-order valence-corrected chi connectivity index (χ2v) is 4.61. The summed E-state index contributed by atoms with van der Waals surface area (Å²) in [7, 11) is 3.98. The largest absolute Gasteiger partial charge is 0.338 e. The normalized spacial score (nSPS) is 11.1. The van der Waals surface area contributed by atoms with Crippen LogP contribution in [0.15, 0.2) is 34.9 Å². The smallest absolute Gasteiger partial charge is 0.240 e. The SMILES string of the molecule is CNCCN(C)Cc1nc(Cc2ccccc2)no1. The van der Waals surface area contributed by atoms with E-state index in [9.17, 15) is 0 Å². The lowest BCUT2D eigenvalue weighted by atomic mass is 10.1. The number of hydrogen-bond donors (Lipinski definition) is 1. The molecule has 19 heavy (non-hydrogen) atoms. The molecule has 0 fully saturated rings. The molecular weight excluding hydrogens is 240 g/mol. The average molecular weight is 260 g/mol. The molecule has 2 aromatic rings. The fourth-order valence-corrected chi connectivity index (χ4v) is 1.82. The van der Waals surface area contributed by atoms with Gasteiger partial charge in [-0.05, 0) is 19.7 Å². The van der Waals surface area contributed by atoms with Crippen LogP contribution in [0.5, 0.6) is 0 Å². The van der Waals surface area contributed by atoms with Gasteiger partial charge in [0.25, 0.3) is 0 Å². The van der Waals surface area contributed by atoms with E-state index in [-0.39, 0.29) is 0 Å². The Morgan fingerprint density at radius 1 is 1.26 bits per heavy atom. The second-order valence-electron chi connectivity index (χ2n) is 4.61. The summed E-state index contributed by atoms with van der Waals surface area (Å²) in [5.74, 6) is 1.41. The Balaban J connectivity index is 1.88. The molecule has 102 valence electrons. The Kier molecular flexibility index (Phi) is 5.06. The van der Waals surface area contributed by atoms with Gasteiger partial charge in [0.15, 0.2) is 5.82 Å². The fourth-order valence-electron chi connectivity index (χ4n) is 1.82. The molecule has 1 heterocycles. The van der Waals surface area contributed by atoms with Gasteiger partial charge in [-0.1, -0.05) is 35.5 Å². The highest BCUT2D eigenvalue weighted by Gasteiger charge is 2.09. The summed E-state index contributed by atoms with van der Waals surface area (Å²) < 4.78 is 5.26. The average Bonchev–Trinajstić information content (AvgIpc) is 2.85. The Morgan fingerprint density at radius 3 is 2.79 bits per heavy atom. The Bertz CT molecular complexity index is 483. The number of rotatable bonds is 7. The van der Waals surface area contributed by atoms with Crippen LogP contribution in [0.4, 0.5) is 0 Å². The molecule has 1 N–H and O–H groups in total. The highest BCUT2D eigenvalue weighted by atomic mass is 16.5. The van der Waals surface area contributed by atoms with Gasteiger partial charge in [0, 0.05) is 19.5 Å². The highest BCUT2D eigenvalue weighted by molar-refractivity contribution is 5.18. The van der Waals surface area contributed by atoms with Crippen LogP contribution in [0.1, 0.15) is 17.3 Å². The van der Waals surface area contributed by atoms with E-state index in [0.29, 0.717) is 18.9 Å². The van der Waals surface area contributed by atoms with Gasteiger partial charge in [-0.3, -0.25) is 4.90 Å². The first kappa shape index (κ1) is 13.7. The number of hydrogen-bond acceptors (Lipinski definition) is 5. The summed E-state index contributed by atoms with van der Waals surface area (Å²) in [6, 6.07) is 10.2. The quantitative estimate of drug-likeness (QED) is 0.813. The number of nitrogens with zero attached hydrogens (tertiary/aromatic N) is 3. The lowest BCUT2D eigenvalue weighted by Crippen LogP contribution is -2.27. The summed E-state index contributed by atoms with van der Waals surface area (Å²) in [6.07, 6.45) is 0.713. The van der Waals surface area contributed by atoms with Crippen LogP contribution < -0.4 is 5.32 Å². The molecule has 0 saturated heterocycles. The molecule has 0 unspecified atom stereocenters. The maximum Gasteiger partial charge on any atom is 0.240 e. The highest BCUT2D eigenvalue weighted by Crippen LogP contribution is 2.07. The van der Waals surface area contributed by atoms with Crippen LogP contribution in [0.3, 0.4) is 0 Å². The number of likely N-dealkylation sites (N-methyl/N-ethyl adjacent to an activating group) is 2. The standard InChI is InChI=1S/C14H20N4O/c1-15-8-9-18(2)11-14-16-13(17-19-14)10-12-6-4-3-5-7-12/h3-7,15H,8-11H2,1-2H3. The lowest BCUT2D eigenvalue weighted by Gasteiger charge is -2.12. The first-order chi connectivity index (χ1) is 9.28. The van der Waals surface area contributed by atoms with Crippen LogP contribution in [-0.4, -0.2) is 42.2 Å². The molecule has 0 amide bonds. The number of benzene rings is 1. The van der Waals surface area contributed by atoms with Crippen molar-refractivity contribution in [2.75, 3.05) is 27.2 Å². The van der Waals surface area contributed by atoms with Crippen molar-refractivity contribution >= 4 is 0 Å². The molecular formula is C14H20N4O. The maximum atomic E-state index is 5.26. The summed E-state index contributed by atoms with van der Waals surface area (Å²) in [4.78, 5) is 6.56. The number of aromatic nitrogens is 2. The van der Waals surface area contributed by atoms with Gasteiger partial charge in [-0.15, -0.1) is 0 Å². The zero-order valence-electron chi connectivity index (χ0n) is 11.5. The maximum absolute atomic E-state index is 5.26. The van der Waals surface area contributed by atoms with Crippen molar-refractivity contribution in [3.05, 3.63) is 47.6 Å². The summed E-state index contributed by atoms with van der Waals surface area (Å²) in [5, 5.41) is 7.13. The van der Waals surface area contributed by atoms with Crippen molar-refractivity contribution in [3.63, 3.8) is 0 Å². The third-order valence-electron chi connectivity index (χ3n) is 2.86. The minimum atomic E-state index is 0.671. The zero-order valence-corrected chi connectivity index (χ0v) is 11.5. The van der Waals surface area contributed by atoms with Gasteiger partial charge in [0.1, 0.15) is 0 Å². The Morgan fingerprint density at radius 2 is 2.05 bits per heavy atom. The molecule has 1 aromatic carbocycles. The van der Waals surface area contributed by atoms with Crippen LogP contribution in [0, 0.1) is 0 Å². The van der Waals surface area contributed by atoms with Gasteiger partial charge in [0.2, 0.25) is 5.89 Å². The Labute approximate surface area is 113 Å². The molecule has 0 spiro atoms. The molecule has 0 bridgehead atoms. The lowest BCUT2D eigenvalue weighted by molar-refractivity contribution is 0.267. The molecule has 0 atom stereocenters. The Hall–Kier alpha value is -1.72. The molecule has 2 rings (SSSR count). The van der Waals surface area contributed by atoms with E-state index in [4.69, 9.17) is 4.52 Å². The minimum absolute atomic E-state index is 0.671. The predicted octanol–water partition coefficient (Wildman–Crippen LogP) is 1.31. The zero-order chi connectivity index (χ0) is 13.5. The van der Waals surface area contributed by atoms with Crippen molar-refractivity contribution in [1.82, 2.24) is 20.4 Å². The van der Waals surface area contributed by atoms with E-state index in [1.165, 1.54) is 5.56 Å². The monoisotopic (exact) mass is 260 g/mol. The van der Waals surface area contributed by atoms with Gasteiger partial charge in [-0.2, -0.15) is 4.98 Å². The van der Waals surface area contributed by atoms with E-state index in [1.54, 1.807) is 0 Å². The predicted molar refractivity (Wildman–Crippen MR) is 73.8 cm³/mol. The van der Waals surface area contributed by atoms with E-state index < -0.39 is 0 Å². The third kappa shape index (κ3) is 4.46. The van der Waals surface area contributed by atoms with Crippen LogP contribution >= 0.6 is 0 Å². The van der Waals surface area contributed by atoms with Gasteiger partial charge >= 0.3 is 0 Å². The van der Waals surface area contributed by atoms with Crippen molar-refractivity contribution in [2.45, 2.75) is 13.0 Å². The van der Waals surface area contributed by atoms with Crippen LogP contribution in [0.25, 0.3) is 0 Å². The van der Waals surface area contributed by atoms with E-state index in [0.717, 1.165) is 18.9 Å². The van der Waals surface area contributed by atoms with Crippen molar-refractivity contribution in [1.29, 1.82) is 0 Å². The fraction of sp³-hybridized carbons (Fsp3) is 0.429. The van der Waals surface area contributed by atoms with E-state index in [1.807, 2.05) is 32.3 Å². The topological polar surface area (TPSA) is 54.2 Å². The number of nitrogens with one attached hydrogen (secondary N) is 1. The van der Waals surface area contributed by atoms with Gasteiger partial charge < -0.3 is 9.84 Å². The molecule has 0 saturated carbocycles. The van der Waals surface area contributed by atoms with Crippen LogP contribution in [0.2, 0.25) is 0 Å². The first-order valence-electron chi connectivity index (χ1n) is 6.46. The van der Waals surface area contributed by atoms with Gasteiger partial charge in [0.05, 0.1) is 6.54 Å².